The van der Waals surface area contributed by atoms with Crippen LogP contribution in [0.15, 0.2) is 48.5 Å². The molecular weight excluding hydrogens is 256 g/mol. The van der Waals surface area contributed by atoms with Gasteiger partial charge in [-0.2, -0.15) is 0 Å². The Morgan fingerprint density at radius 2 is 2.00 bits per heavy atom. The summed E-state index contributed by atoms with van der Waals surface area (Å²) in [6.45, 7) is 0.668. The first kappa shape index (κ1) is 13.7. The Bertz CT molecular complexity index is 599. The maximum Gasteiger partial charge on any atom is 0.251 e. The number of phenolic OH excluding ortho intramolecular Hbond substituents is 1. The molecule has 0 heterocycles. The lowest BCUT2D eigenvalue weighted by atomic mass is 10.2. The zero-order valence-electron chi connectivity index (χ0n) is 10.9. The maximum absolute atomic E-state index is 11.8. The Morgan fingerprint density at radius 3 is 2.75 bits per heavy atom. The van der Waals surface area contributed by atoms with Crippen LogP contribution in [-0.2, 0) is 0 Å². The van der Waals surface area contributed by atoms with Crippen LogP contribution in [0.2, 0.25) is 0 Å². The summed E-state index contributed by atoms with van der Waals surface area (Å²) in [4.78, 5) is 11.8. The number of amides is 1. The number of hydrogen-bond donors (Lipinski definition) is 3. The smallest absolute Gasteiger partial charge is 0.251 e. The van der Waals surface area contributed by atoms with Crippen molar-refractivity contribution in [1.29, 1.82) is 0 Å². The largest absolute Gasteiger partial charge is 0.508 e. The molecule has 5 nitrogen and oxygen atoms in total. The summed E-state index contributed by atoms with van der Waals surface area (Å²) >= 11 is 0. The van der Waals surface area contributed by atoms with E-state index in [1.807, 2.05) is 12.1 Å². The minimum Gasteiger partial charge on any atom is -0.508 e. The Kier molecular flexibility index (Phi) is 4.44. The summed E-state index contributed by atoms with van der Waals surface area (Å²) in [6.07, 6.45) is 0. The van der Waals surface area contributed by atoms with Gasteiger partial charge in [0.05, 0.1) is 12.2 Å². The molecule has 2 aromatic rings. The van der Waals surface area contributed by atoms with Crippen molar-refractivity contribution in [2.75, 3.05) is 18.9 Å². The normalized spacial score (nSPS) is 10.0. The molecule has 104 valence electrons. The zero-order chi connectivity index (χ0) is 14.4. The van der Waals surface area contributed by atoms with Crippen LogP contribution in [0.1, 0.15) is 10.4 Å². The van der Waals surface area contributed by atoms with Gasteiger partial charge in [0.1, 0.15) is 18.1 Å². The van der Waals surface area contributed by atoms with Gasteiger partial charge in [-0.25, -0.2) is 0 Å². The molecule has 0 saturated heterocycles. The van der Waals surface area contributed by atoms with Crippen molar-refractivity contribution in [3.05, 3.63) is 54.1 Å². The second-order valence-corrected chi connectivity index (χ2v) is 4.19. The summed E-state index contributed by atoms with van der Waals surface area (Å²) in [5.74, 6) is 0.399. The third-order valence-electron chi connectivity index (χ3n) is 2.67. The van der Waals surface area contributed by atoms with Gasteiger partial charge >= 0.3 is 0 Å². The highest BCUT2D eigenvalue weighted by Crippen LogP contribution is 2.19. The molecule has 2 aromatic carbocycles. The van der Waals surface area contributed by atoms with Crippen molar-refractivity contribution in [2.24, 2.45) is 0 Å². The third kappa shape index (κ3) is 3.65. The molecule has 5 heteroatoms. The van der Waals surface area contributed by atoms with Crippen LogP contribution in [0.3, 0.4) is 0 Å². The number of carbonyl (C=O) groups is 1. The predicted molar refractivity (Wildman–Crippen MR) is 76.8 cm³/mol. The van der Waals surface area contributed by atoms with Gasteiger partial charge in [-0.15, -0.1) is 0 Å². The van der Waals surface area contributed by atoms with E-state index in [1.165, 1.54) is 12.1 Å². The van der Waals surface area contributed by atoms with Crippen LogP contribution in [0.5, 0.6) is 11.5 Å². The molecule has 0 radical (unpaired) electrons. The number of ether oxygens (including phenoxy) is 1. The second-order valence-electron chi connectivity index (χ2n) is 4.19. The van der Waals surface area contributed by atoms with Crippen LogP contribution in [-0.4, -0.2) is 24.2 Å². The van der Waals surface area contributed by atoms with E-state index >= 15 is 0 Å². The molecular formula is C15H16N2O3. The fourth-order valence-corrected chi connectivity index (χ4v) is 1.69. The highest BCUT2D eigenvalue weighted by molar-refractivity contribution is 5.94. The van der Waals surface area contributed by atoms with Crippen molar-refractivity contribution in [2.45, 2.75) is 0 Å². The van der Waals surface area contributed by atoms with E-state index in [1.54, 1.807) is 24.3 Å². The average Bonchev–Trinajstić information content (AvgIpc) is 2.45. The number of para-hydroxylation sites is 2. The number of aromatic hydroxyl groups is 1. The van der Waals surface area contributed by atoms with Gasteiger partial charge in [0, 0.05) is 5.56 Å². The number of nitrogens with two attached hydrogens (primary N) is 1. The highest BCUT2D eigenvalue weighted by atomic mass is 16.5. The van der Waals surface area contributed by atoms with Crippen molar-refractivity contribution in [3.63, 3.8) is 0 Å². The standard InChI is InChI=1S/C15H16N2O3/c16-13-6-1-2-7-14(13)20-9-8-17-15(19)11-4-3-5-12(18)10-11/h1-7,10,18H,8-9,16H2,(H,17,19). The predicted octanol–water partition coefficient (Wildman–Crippen LogP) is 1.78. The minimum absolute atomic E-state index is 0.0611. The molecule has 0 fully saturated rings. The molecule has 2 rings (SSSR count). The number of rotatable bonds is 5. The monoisotopic (exact) mass is 272 g/mol. The van der Waals surface area contributed by atoms with E-state index in [4.69, 9.17) is 10.5 Å². The lowest BCUT2D eigenvalue weighted by molar-refractivity contribution is 0.0946. The third-order valence-corrected chi connectivity index (χ3v) is 2.67. The molecule has 20 heavy (non-hydrogen) atoms. The first-order chi connectivity index (χ1) is 9.66. The Hall–Kier alpha value is -2.69. The molecule has 0 atom stereocenters. The Balaban J connectivity index is 1.79. The summed E-state index contributed by atoms with van der Waals surface area (Å²) in [5, 5.41) is 12.0. The van der Waals surface area contributed by atoms with Crippen LogP contribution >= 0.6 is 0 Å². The number of benzene rings is 2. The number of nitrogen functional groups attached to an aromatic ring is 1. The first-order valence-electron chi connectivity index (χ1n) is 6.21. The van der Waals surface area contributed by atoms with Gasteiger partial charge in [0.25, 0.3) is 5.91 Å². The number of hydrogen-bond acceptors (Lipinski definition) is 4. The van der Waals surface area contributed by atoms with Gasteiger partial charge in [-0.3, -0.25) is 4.79 Å². The van der Waals surface area contributed by atoms with Crippen LogP contribution in [0.4, 0.5) is 5.69 Å². The second kappa shape index (κ2) is 6.47. The average molecular weight is 272 g/mol. The quantitative estimate of drug-likeness (QED) is 0.572. The lowest BCUT2D eigenvalue weighted by Gasteiger charge is -2.09. The van der Waals surface area contributed by atoms with Crippen molar-refractivity contribution in [3.8, 4) is 11.5 Å². The molecule has 4 N–H and O–H groups in total. The molecule has 0 aliphatic carbocycles. The topological polar surface area (TPSA) is 84.6 Å². The molecule has 0 aromatic heterocycles. The Morgan fingerprint density at radius 1 is 1.20 bits per heavy atom. The molecule has 0 saturated carbocycles. The number of anilines is 1. The molecule has 0 bridgehead atoms. The molecule has 1 amide bonds. The van der Waals surface area contributed by atoms with Crippen LogP contribution < -0.4 is 15.8 Å². The van der Waals surface area contributed by atoms with Gasteiger partial charge in [-0.05, 0) is 30.3 Å². The van der Waals surface area contributed by atoms with Gasteiger partial charge in [-0.1, -0.05) is 18.2 Å². The summed E-state index contributed by atoms with van der Waals surface area (Å²) in [6, 6.07) is 13.3. The lowest BCUT2D eigenvalue weighted by Crippen LogP contribution is -2.28. The van der Waals surface area contributed by atoms with E-state index < -0.39 is 0 Å². The van der Waals surface area contributed by atoms with E-state index in [-0.39, 0.29) is 11.7 Å². The summed E-state index contributed by atoms with van der Waals surface area (Å²) in [5.41, 5.74) is 6.70. The number of phenols is 1. The van der Waals surface area contributed by atoms with E-state index in [0.29, 0.717) is 30.2 Å². The van der Waals surface area contributed by atoms with E-state index in [2.05, 4.69) is 5.32 Å². The van der Waals surface area contributed by atoms with E-state index in [0.717, 1.165) is 0 Å². The number of carbonyl (C=O) groups excluding carboxylic acids is 1. The molecule has 0 aliphatic heterocycles. The van der Waals surface area contributed by atoms with Crippen molar-refractivity contribution < 1.29 is 14.6 Å². The van der Waals surface area contributed by atoms with Crippen LogP contribution in [0.25, 0.3) is 0 Å². The van der Waals surface area contributed by atoms with Gasteiger partial charge < -0.3 is 20.9 Å². The van der Waals surface area contributed by atoms with Crippen LogP contribution in [0, 0.1) is 0 Å². The molecule has 0 unspecified atom stereocenters. The maximum atomic E-state index is 11.8. The van der Waals surface area contributed by atoms with Gasteiger partial charge in [0.15, 0.2) is 0 Å². The highest BCUT2D eigenvalue weighted by Gasteiger charge is 2.05. The first-order valence-corrected chi connectivity index (χ1v) is 6.21. The van der Waals surface area contributed by atoms with E-state index in [9.17, 15) is 9.90 Å². The fraction of sp³-hybridized carbons (Fsp3) is 0.133. The molecule has 0 aliphatic rings. The molecule has 0 spiro atoms. The van der Waals surface area contributed by atoms with Gasteiger partial charge in [0.2, 0.25) is 0 Å². The zero-order valence-corrected chi connectivity index (χ0v) is 10.9. The fourth-order valence-electron chi connectivity index (χ4n) is 1.69. The SMILES string of the molecule is Nc1ccccc1OCCNC(=O)c1cccc(O)c1. The number of nitrogens with one attached hydrogen (secondary N) is 1. The van der Waals surface area contributed by atoms with Crippen molar-refractivity contribution in [1.82, 2.24) is 5.32 Å². The minimum atomic E-state index is -0.259. The Labute approximate surface area is 117 Å². The summed E-state index contributed by atoms with van der Waals surface area (Å²) < 4.78 is 5.46. The summed E-state index contributed by atoms with van der Waals surface area (Å²) in [7, 11) is 0. The van der Waals surface area contributed by atoms with Crippen molar-refractivity contribution >= 4 is 11.6 Å².